The molecule has 1 saturated heterocycles. The molecule has 1 amide bonds. The predicted molar refractivity (Wildman–Crippen MR) is 111 cm³/mol. The summed E-state index contributed by atoms with van der Waals surface area (Å²) >= 11 is 0. The molecule has 2 bridgehead atoms. The number of nitrogens with zero attached hydrogens (tertiary/aromatic N) is 1. The van der Waals surface area contributed by atoms with E-state index in [2.05, 4.69) is 57.2 Å². The molecule has 3 nitrogen and oxygen atoms in total. The van der Waals surface area contributed by atoms with Gasteiger partial charge in [0.1, 0.15) is 5.78 Å². The van der Waals surface area contributed by atoms with Crippen LogP contribution in [0.3, 0.4) is 0 Å². The van der Waals surface area contributed by atoms with Crippen molar-refractivity contribution in [2.24, 2.45) is 22.7 Å². The van der Waals surface area contributed by atoms with Gasteiger partial charge in [0.25, 0.3) is 0 Å². The molecule has 0 N–H and O–H groups in total. The van der Waals surface area contributed by atoms with Crippen LogP contribution < -0.4 is 0 Å². The molecule has 1 aromatic rings. The van der Waals surface area contributed by atoms with Crippen molar-refractivity contribution in [1.82, 2.24) is 4.90 Å². The lowest BCUT2D eigenvalue weighted by atomic mass is 9.70. The quantitative estimate of drug-likeness (QED) is 0.755. The summed E-state index contributed by atoms with van der Waals surface area (Å²) in [6.45, 7) is 8.20. The molecule has 0 radical (unpaired) electrons. The zero-order valence-electron chi connectivity index (χ0n) is 17.3. The van der Waals surface area contributed by atoms with Crippen molar-refractivity contribution in [2.75, 3.05) is 13.1 Å². The molecule has 0 aromatic heterocycles. The summed E-state index contributed by atoms with van der Waals surface area (Å²) in [4.78, 5) is 28.2. The predicted octanol–water partition coefficient (Wildman–Crippen LogP) is 4.61. The van der Waals surface area contributed by atoms with Gasteiger partial charge < -0.3 is 4.90 Å². The highest BCUT2D eigenvalue weighted by Crippen LogP contribution is 2.66. The molecule has 3 fully saturated rings. The Bertz CT molecular complexity index is 874. The lowest BCUT2D eigenvalue weighted by molar-refractivity contribution is -0.139. The molecule has 3 aliphatic carbocycles. The van der Waals surface area contributed by atoms with Crippen molar-refractivity contribution < 1.29 is 9.59 Å². The van der Waals surface area contributed by atoms with Crippen LogP contribution in [0.1, 0.15) is 64.0 Å². The van der Waals surface area contributed by atoms with E-state index in [0.717, 1.165) is 38.8 Å². The summed E-state index contributed by atoms with van der Waals surface area (Å²) in [5.74, 6) is 0.845. The maximum Gasteiger partial charge on any atom is 0.223 e. The van der Waals surface area contributed by atoms with E-state index in [0.29, 0.717) is 18.1 Å². The molecule has 1 heterocycles. The maximum absolute atomic E-state index is 13.1. The molecule has 2 saturated carbocycles. The topological polar surface area (TPSA) is 37.4 Å². The molecule has 3 heteroatoms. The minimum atomic E-state index is -0.229. The van der Waals surface area contributed by atoms with Crippen LogP contribution in [0.25, 0.3) is 6.08 Å². The van der Waals surface area contributed by atoms with Crippen molar-refractivity contribution in [3.63, 3.8) is 0 Å². The normalized spacial score (nSPS) is 34.2. The fraction of sp³-hybridized carbons (Fsp3) is 0.600. The number of allylic oxidation sites excluding steroid dienone is 1. The van der Waals surface area contributed by atoms with Crippen LogP contribution in [0.15, 0.2) is 30.3 Å². The highest BCUT2D eigenvalue weighted by molar-refractivity contribution is 5.94. The Balaban J connectivity index is 1.27. The molecule has 3 atom stereocenters. The summed E-state index contributed by atoms with van der Waals surface area (Å²) in [6.07, 6.45) is 9.06. The second kappa shape index (κ2) is 5.81. The number of likely N-dealkylation sites (tertiary alicyclic amines) is 1. The summed E-state index contributed by atoms with van der Waals surface area (Å²) < 4.78 is 0. The number of carbonyl (C=O) groups excluding carboxylic acids is 2. The van der Waals surface area contributed by atoms with Gasteiger partial charge in [0.15, 0.2) is 0 Å². The van der Waals surface area contributed by atoms with Gasteiger partial charge in [-0.05, 0) is 48.1 Å². The average Bonchev–Trinajstić information content (AvgIpc) is 3.20. The van der Waals surface area contributed by atoms with Gasteiger partial charge in [-0.15, -0.1) is 0 Å². The van der Waals surface area contributed by atoms with E-state index < -0.39 is 0 Å². The number of piperidine rings is 1. The minimum Gasteiger partial charge on any atom is -0.343 e. The van der Waals surface area contributed by atoms with E-state index in [-0.39, 0.29) is 28.1 Å². The summed E-state index contributed by atoms with van der Waals surface area (Å²) in [6, 6.07) is 8.63. The van der Waals surface area contributed by atoms with Gasteiger partial charge >= 0.3 is 0 Å². The van der Waals surface area contributed by atoms with E-state index in [1.54, 1.807) is 0 Å². The lowest BCUT2D eigenvalue weighted by Crippen LogP contribution is -2.45. The molecule has 1 spiro atoms. The Morgan fingerprint density at radius 3 is 2.50 bits per heavy atom. The summed E-state index contributed by atoms with van der Waals surface area (Å²) in [7, 11) is 0. The first-order valence-electron chi connectivity index (χ1n) is 10.9. The van der Waals surface area contributed by atoms with Crippen LogP contribution in [0, 0.1) is 22.7 Å². The third-order valence-corrected chi connectivity index (χ3v) is 9.15. The van der Waals surface area contributed by atoms with E-state index in [1.807, 2.05) is 4.90 Å². The van der Waals surface area contributed by atoms with Crippen molar-refractivity contribution in [1.29, 1.82) is 0 Å². The monoisotopic (exact) mass is 377 g/mol. The number of carbonyl (C=O) groups is 2. The third-order valence-electron chi connectivity index (χ3n) is 9.15. The standard InChI is InChI=1S/C25H31NO2/c1-23(2)20-9-10-24(23,3)22(28)18(20)16-21(27)26-14-12-25(13-15-26)11-8-17-6-4-5-7-19(17)25/h4-8,11,18,20H,9-10,12-16H2,1-3H3. The zero-order valence-corrected chi connectivity index (χ0v) is 17.3. The summed E-state index contributed by atoms with van der Waals surface area (Å²) in [5.41, 5.74) is 2.64. The van der Waals surface area contributed by atoms with Crippen LogP contribution in [0.4, 0.5) is 0 Å². The molecule has 1 aliphatic heterocycles. The van der Waals surface area contributed by atoms with E-state index in [9.17, 15) is 9.59 Å². The molecule has 28 heavy (non-hydrogen) atoms. The Kier molecular flexibility index (Phi) is 3.76. The van der Waals surface area contributed by atoms with Crippen LogP contribution in [-0.4, -0.2) is 29.7 Å². The Morgan fingerprint density at radius 1 is 1.11 bits per heavy atom. The van der Waals surface area contributed by atoms with Gasteiger partial charge in [-0.2, -0.15) is 0 Å². The molecular weight excluding hydrogens is 346 g/mol. The minimum absolute atomic E-state index is 0.0271. The number of fused-ring (bicyclic) bond motifs is 4. The molecular formula is C25H31NO2. The molecule has 3 unspecified atom stereocenters. The Hall–Kier alpha value is -1.90. The highest BCUT2D eigenvalue weighted by atomic mass is 16.2. The Labute approximate surface area is 168 Å². The number of rotatable bonds is 2. The van der Waals surface area contributed by atoms with Gasteiger partial charge in [-0.25, -0.2) is 0 Å². The second-order valence-corrected chi connectivity index (χ2v) is 10.3. The molecule has 4 aliphatic rings. The van der Waals surface area contributed by atoms with E-state index in [1.165, 1.54) is 11.1 Å². The molecule has 1 aromatic carbocycles. The fourth-order valence-corrected chi connectivity index (χ4v) is 6.85. The second-order valence-electron chi connectivity index (χ2n) is 10.3. The van der Waals surface area contributed by atoms with Crippen LogP contribution in [0.2, 0.25) is 0 Å². The van der Waals surface area contributed by atoms with E-state index >= 15 is 0 Å². The molecule has 148 valence electrons. The average molecular weight is 378 g/mol. The zero-order chi connectivity index (χ0) is 19.7. The summed E-state index contributed by atoms with van der Waals surface area (Å²) in [5, 5.41) is 0. The van der Waals surface area contributed by atoms with Crippen molar-refractivity contribution in [3.8, 4) is 0 Å². The number of hydrogen-bond acceptors (Lipinski definition) is 2. The van der Waals surface area contributed by atoms with Crippen LogP contribution >= 0.6 is 0 Å². The van der Waals surface area contributed by atoms with Gasteiger partial charge in [-0.1, -0.05) is 57.2 Å². The smallest absolute Gasteiger partial charge is 0.223 e. The fourth-order valence-electron chi connectivity index (χ4n) is 6.85. The Morgan fingerprint density at radius 2 is 1.82 bits per heavy atom. The van der Waals surface area contributed by atoms with Gasteiger partial charge in [0, 0.05) is 36.3 Å². The van der Waals surface area contributed by atoms with Crippen molar-refractivity contribution in [2.45, 2.75) is 58.3 Å². The van der Waals surface area contributed by atoms with Crippen LogP contribution in [0.5, 0.6) is 0 Å². The SMILES string of the molecule is CC12CCC(C(CC(=O)N3CCC4(C=Cc5ccccc54)CC3)C1=O)C2(C)C. The number of Topliss-reactive ketones (excluding diaryl/α,β-unsaturated/α-hetero) is 1. The van der Waals surface area contributed by atoms with Gasteiger partial charge in [-0.3, -0.25) is 9.59 Å². The highest BCUT2D eigenvalue weighted by Gasteiger charge is 2.66. The number of amides is 1. The number of ketones is 1. The van der Waals surface area contributed by atoms with E-state index in [4.69, 9.17) is 0 Å². The largest absolute Gasteiger partial charge is 0.343 e. The number of hydrogen-bond donors (Lipinski definition) is 0. The van der Waals surface area contributed by atoms with Gasteiger partial charge in [0.05, 0.1) is 0 Å². The molecule has 5 rings (SSSR count). The van der Waals surface area contributed by atoms with Gasteiger partial charge in [0.2, 0.25) is 5.91 Å². The maximum atomic E-state index is 13.1. The third kappa shape index (κ3) is 2.22. The van der Waals surface area contributed by atoms with Crippen molar-refractivity contribution in [3.05, 3.63) is 41.5 Å². The first-order chi connectivity index (χ1) is 13.3. The lowest BCUT2D eigenvalue weighted by Gasteiger charge is -2.40. The number of benzene rings is 1. The first-order valence-corrected chi connectivity index (χ1v) is 10.9. The first kappa shape index (κ1) is 18.1. The van der Waals surface area contributed by atoms with Crippen molar-refractivity contribution >= 4 is 17.8 Å². The van der Waals surface area contributed by atoms with Crippen LogP contribution in [-0.2, 0) is 15.0 Å².